The lowest BCUT2D eigenvalue weighted by Crippen LogP contribution is -2.15. The summed E-state index contributed by atoms with van der Waals surface area (Å²) in [7, 11) is 1.39. The number of hydrogen-bond acceptors (Lipinski definition) is 3. The molecule has 0 aliphatic heterocycles. The van der Waals surface area contributed by atoms with E-state index in [1.807, 2.05) is 6.07 Å². The van der Waals surface area contributed by atoms with Gasteiger partial charge in [-0.2, -0.15) is 0 Å². The molecule has 0 N–H and O–H groups in total. The van der Waals surface area contributed by atoms with Crippen LogP contribution >= 0.6 is 22.6 Å². The van der Waals surface area contributed by atoms with Gasteiger partial charge in [0.15, 0.2) is 0 Å². The summed E-state index contributed by atoms with van der Waals surface area (Å²) < 4.78 is 11.7. The molecule has 0 bridgehead atoms. The van der Waals surface area contributed by atoms with Crippen LogP contribution in [0.3, 0.4) is 0 Å². The summed E-state index contributed by atoms with van der Waals surface area (Å²) >= 11 is 2.23. The molecular formula is C15H19IO3. The molecular weight excluding hydrogens is 355 g/mol. The van der Waals surface area contributed by atoms with Gasteiger partial charge in [-0.05, 0) is 59.5 Å². The molecule has 0 saturated heterocycles. The first-order valence-electron chi connectivity index (χ1n) is 6.71. The van der Waals surface area contributed by atoms with Gasteiger partial charge in [0.25, 0.3) is 0 Å². The van der Waals surface area contributed by atoms with Crippen LogP contribution in [0.15, 0.2) is 18.2 Å². The van der Waals surface area contributed by atoms with Gasteiger partial charge >= 0.3 is 5.97 Å². The summed E-state index contributed by atoms with van der Waals surface area (Å²) in [5, 5.41) is 0. The minimum Gasteiger partial charge on any atom is -0.492 e. The van der Waals surface area contributed by atoms with Crippen LogP contribution in [0.1, 0.15) is 42.5 Å². The predicted octanol–water partition coefficient (Wildman–Crippen LogP) is 4.04. The molecule has 1 aromatic carbocycles. The number of carbonyl (C=O) groups excluding carboxylic acids is 1. The van der Waals surface area contributed by atoms with E-state index >= 15 is 0 Å². The van der Waals surface area contributed by atoms with Gasteiger partial charge in [0.2, 0.25) is 0 Å². The summed E-state index contributed by atoms with van der Waals surface area (Å²) in [5.41, 5.74) is 0.543. The number of benzene rings is 1. The standard InChI is InChI=1S/C15H19IO3/c1-18-15(17)12-7-8-13(16)14(9-12)19-10-11-5-3-2-4-6-11/h7-9,11H,2-6,10H2,1H3. The lowest BCUT2D eigenvalue weighted by Gasteiger charge is -2.22. The van der Waals surface area contributed by atoms with Crippen molar-refractivity contribution in [1.29, 1.82) is 0 Å². The molecule has 0 amide bonds. The molecule has 1 saturated carbocycles. The zero-order chi connectivity index (χ0) is 13.7. The maximum absolute atomic E-state index is 11.5. The molecule has 0 radical (unpaired) electrons. The Balaban J connectivity index is 2.00. The highest BCUT2D eigenvalue weighted by Gasteiger charge is 2.15. The van der Waals surface area contributed by atoms with E-state index in [2.05, 4.69) is 22.6 Å². The largest absolute Gasteiger partial charge is 0.492 e. The number of halogens is 1. The maximum atomic E-state index is 11.5. The van der Waals surface area contributed by atoms with E-state index in [9.17, 15) is 4.79 Å². The molecule has 104 valence electrons. The molecule has 0 unspecified atom stereocenters. The van der Waals surface area contributed by atoms with E-state index in [0.717, 1.165) is 15.9 Å². The summed E-state index contributed by atoms with van der Waals surface area (Å²) in [5.74, 6) is 1.12. The van der Waals surface area contributed by atoms with Crippen LogP contribution in [0, 0.1) is 9.49 Å². The van der Waals surface area contributed by atoms with E-state index < -0.39 is 0 Å². The summed E-state index contributed by atoms with van der Waals surface area (Å²) in [4.78, 5) is 11.5. The summed E-state index contributed by atoms with van der Waals surface area (Å²) in [6.45, 7) is 0.751. The van der Waals surface area contributed by atoms with Crippen molar-refractivity contribution in [3.8, 4) is 5.75 Å². The highest BCUT2D eigenvalue weighted by atomic mass is 127. The van der Waals surface area contributed by atoms with Crippen molar-refractivity contribution < 1.29 is 14.3 Å². The Kier molecular flexibility index (Phi) is 5.48. The van der Waals surface area contributed by atoms with Gasteiger partial charge < -0.3 is 9.47 Å². The molecule has 1 aliphatic rings. The number of hydrogen-bond donors (Lipinski definition) is 0. The minimum absolute atomic E-state index is 0.320. The molecule has 1 fully saturated rings. The number of ether oxygens (including phenoxy) is 2. The molecule has 1 aromatic rings. The normalized spacial score (nSPS) is 16.1. The third-order valence-corrected chi connectivity index (χ3v) is 4.44. The molecule has 2 rings (SSSR count). The Hall–Kier alpha value is -0.780. The molecule has 19 heavy (non-hydrogen) atoms. The Morgan fingerprint density at radius 3 is 2.74 bits per heavy atom. The van der Waals surface area contributed by atoms with Crippen LogP contribution in [0.4, 0.5) is 0 Å². The average Bonchev–Trinajstić information content (AvgIpc) is 2.46. The summed E-state index contributed by atoms with van der Waals surface area (Å²) in [6.07, 6.45) is 6.49. The Morgan fingerprint density at radius 1 is 1.32 bits per heavy atom. The van der Waals surface area contributed by atoms with Crippen LogP contribution in [0.2, 0.25) is 0 Å². The van der Waals surface area contributed by atoms with Crippen molar-refractivity contribution in [1.82, 2.24) is 0 Å². The van der Waals surface area contributed by atoms with Crippen LogP contribution in [0.25, 0.3) is 0 Å². The van der Waals surface area contributed by atoms with Crippen LogP contribution in [-0.4, -0.2) is 19.7 Å². The van der Waals surface area contributed by atoms with Gasteiger partial charge in [-0.1, -0.05) is 19.3 Å². The topological polar surface area (TPSA) is 35.5 Å². The second-order valence-corrected chi connectivity index (χ2v) is 6.11. The number of methoxy groups -OCH3 is 1. The van der Waals surface area contributed by atoms with E-state index in [1.165, 1.54) is 39.2 Å². The van der Waals surface area contributed by atoms with Crippen molar-refractivity contribution in [3.05, 3.63) is 27.3 Å². The van der Waals surface area contributed by atoms with Crippen LogP contribution in [0.5, 0.6) is 5.75 Å². The number of esters is 1. The summed E-state index contributed by atoms with van der Waals surface area (Å²) in [6, 6.07) is 5.43. The first-order chi connectivity index (χ1) is 9.20. The Bertz CT molecular complexity index is 439. The lowest BCUT2D eigenvalue weighted by atomic mass is 9.90. The highest BCUT2D eigenvalue weighted by Crippen LogP contribution is 2.27. The zero-order valence-corrected chi connectivity index (χ0v) is 13.3. The lowest BCUT2D eigenvalue weighted by molar-refractivity contribution is 0.0600. The van der Waals surface area contributed by atoms with Crippen molar-refractivity contribution in [2.24, 2.45) is 5.92 Å². The molecule has 0 spiro atoms. The fourth-order valence-corrected chi connectivity index (χ4v) is 2.91. The Labute approximate surface area is 127 Å². The molecule has 3 nitrogen and oxygen atoms in total. The third-order valence-electron chi connectivity index (χ3n) is 3.55. The van der Waals surface area contributed by atoms with Crippen molar-refractivity contribution in [2.75, 3.05) is 13.7 Å². The van der Waals surface area contributed by atoms with Crippen LogP contribution < -0.4 is 4.74 Å². The second kappa shape index (κ2) is 7.12. The smallest absolute Gasteiger partial charge is 0.337 e. The van der Waals surface area contributed by atoms with Gasteiger partial charge in [0.1, 0.15) is 5.75 Å². The monoisotopic (exact) mass is 374 g/mol. The first kappa shape index (κ1) is 14.6. The van der Waals surface area contributed by atoms with Gasteiger partial charge in [-0.3, -0.25) is 0 Å². The van der Waals surface area contributed by atoms with Crippen molar-refractivity contribution in [2.45, 2.75) is 32.1 Å². The van der Waals surface area contributed by atoms with Crippen LogP contribution in [-0.2, 0) is 4.74 Å². The predicted molar refractivity (Wildman–Crippen MR) is 82.6 cm³/mol. The fourth-order valence-electron chi connectivity index (χ4n) is 2.42. The quantitative estimate of drug-likeness (QED) is 0.590. The third kappa shape index (κ3) is 4.09. The molecule has 1 aliphatic carbocycles. The zero-order valence-electron chi connectivity index (χ0n) is 11.2. The van der Waals surface area contributed by atoms with Gasteiger partial charge in [0.05, 0.1) is 22.9 Å². The highest BCUT2D eigenvalue weighted by molar-refractivity contribution is 14.1. The molecule has 4 heteroatoms. The number of rotatable bonds is 4. The van der Waals surface area contributed by atoms with E-state index in [0.29, 0.717) is 11.5 Å². The molecule has 0 aromatic heterocycles. The number of carbonyl (C=O) groups is 1. The molecule has 0 atom stereocenters. The van der Waals surface area contributed by atoms with Crippen molar-refractivity contribution >= 4 is 28.6 Å². The SMILES string of the molecule is COC(=O)c1ccc(I)c(OCC2CCCCC2)c1. The minimum atomic E-state index is -0.320. The van der Waals surface area contributed by atoms with Gasteiger partial charge in [-0.15, -0.1) is 0 Å². The van der Waals surface area contributed by atoms with E-state index in [1.54, 1.807) is 12.1 Å². The first-order valence-corrected chi connectivity index (χ1v) is 7.79. The van der Waals surface area contributed by atoms with E-state index in [-0.39, 0.29) is 5.97 Å². The maximum Gasteiger partial charge on any atom is 0.337 e. The Morgan fingerprint density at radius 2 is 2.05 bits per heavy atom. The fraction of sp³-hybridized carbons (Fsp3) is 0.533. The molecule has 0 heterocycles. The average molecular weight is 374 g/mol. The van der Waals surface area contributed by atoms with Gasteiger partial charge in [0, 0.05) is 0 Å². The van der Waals surface area contributed by atoms with Crippen molar-refractivity contribution in [3.63, 3.8) is 0 Å². The van der Waals surface area contributed by atoms with Gasteiger partial charge in [-0.25, -0.2) is 4.79 Å². The van der Waals surface area contributed by atoms with E-state index in [4.69, 9.17) is 9.47 Å². The second-order valence-electron chi connectivity index (χ2n) is 4.95.